The minimum atomic E-state index is -0.193. The zero-order valence-electron chi connectivity index (χ0n) is 12.3. The van der Waals surface area contributed by atoms with E-state index in [2.05, 4.69) is 10.6 Å². The first-order valence-electron chi connectivity index (χ1n) is 7.21. The molecule has 1 fully saturated rings. The normalized spacial score (nSPS) is 13.7. The number of rotatable bonds is 5. The lowest BCUT2D eigenvalue weighted by Crippen LogP contribution is -2.34. The van der Waals surface area contributed by atoms with Gasteiger partial charge >= 0.3 is 6.03 Å². The molecule has 0 unspecified atom stereocenters. The fraction of sp³-hybridized carbons (Fsp3) is 0.467. The summed E-state index contributed by atoms with van der Waals surface area (Å²) in [5.74, 6) is -0.193. The van der Waals surface area contributed by atoms with Gasteiger partial charge in [-0.2, -0.15) is 0 Å². The van der Waals surface area contributed by atoms with Gasteiger partial charge in [-0.05, 0) is 44.9 Å². The summed E-state index contributed by atoms with van der Waals surface area (Å²) in [5, 5.41) is 6.06. The third-order valence-electron chi connectivity index (χ3n) is 3.43. The molecule has 5 nitrogen and oxygen atoms in total. The summed E-state index contributed by atoms with van der Waals surface area (Å²) in [4.78, 5) is 25.8. The van der Waals surface area contributed by atoms with Crippen LogP contribution in [0.4, 0.5) is 10.5 Å². The minimum Gasteiger partial charge on any atom is -0.349 e. The van der Waals surface area contributed by atoms with Crippen LogP contribution in [0.1, 0.15) is 37.0 Å². The molecule has 1 saturated carbocycles. The standard InChI is InChI=1S/C15H20ClN3O2/c1-3-19(4-2)15(21)18-11-7-8-13(16)12(9-11)14(20)17-10-5-6-10/h7-10H,3-6H2,1-2H3,(H,17,20)(H,18,21). The van der Waals surface area contributed by atoms with E-state index in [0.717, 1.165) is 12.8 Å². The number of nitrogens with zero attached hydrogens (tertiary/aromatic N) is 1. The van der Waals surface area contributed by atoms with Gasteiger partial charge in [0.15, 0.2) is 0 Å². The molecule has 3 amide bonds. The van der Waals surface area contributed by atoms with Gasteiger partial charge in [-0.15, -0.1) is 0 Å². The molecule has 0 saturated heterocycles. The average molecular weight is 310 g/mol. The number of amides is 3. The van der Waals surface area contributed by atoms with Gasteiger partial charge in [-0.25, -0.2) is 4.79 Å². The second kappa shape index (κ2) is 6.80. The van der Waals surface area contributed by atoms with Crippen LogP contribution in [-0.4, -0.2) is 36.0 Å². The molecule has 2 N–H and O–H groups in total. The summed E-state index contributed by atoms with van der Waals surface area (Å²) in [6.07, 6.45) is 2.03. The molecule has 0 radical (unpaired) electrons. The third-order valence-corrected chi connectivity index (χ3v) is 3.76. The Morgan fingerprint density at radius 1 is 1.29 bits per heavy atom. The first kappa shape index (κ1) is 15.6. The Morgan fingerprint density at radius 2 is 1.95 bits per heavy atom. The Morgan fingerprint density at radius 3 is 2.52 bits per heavy atom. The maximum Gasteiger partial charge on any atom is 0.321 e. The van der Waals surface area contributed by atoms with Crippen LogP contribution >= 0.6 is 11.6 Å². The average Bonchev–Trinajstić information content (AvgIpc) is 3.26. The number of nitrogens with one attached hydrogen (secondary N) is 2. The molecule has 1 aliphatic carbocycles. The van der Waals surface area contributed by atoms with E-state index in [4.69, 9.17) is 11.6 Å². The number of halogens is 1. The van der Waals surface area contributed by atoms with E-state index >= 15 is 0 Å². The molecule has 0 heterocycles. The summed E-state index contributed by atoms with van der Waals surface area (Å²) in [6.45, 7) is 5.09. The number of hydrogen-bond donors (Lipinski definition) is 2. The van der Waals surface area contributed by atoms with E-state index in [1.807, 2.05) is 13.8 Å². The molecule has 6 heteroatoms. The topological polar surface area (TPSA) is 61.4 Å². The molecule has 0 atom stereocenters. The maximum atomic E-state index is 12.1. The summed E-state index contributed by atoms with van der Waals surface area (Å²) >= 11 is 6.06. The van der Waals surface area contributed by atoms with Gasteiger partial charge in [0, 0.05) is 24.8 Å². The Balaban J connectivity index is 2.10. The molecular formula is C15H20ClN3O2. The highest BCUT2D eigenvalue weighted by Crippen LogP contribution is 2.24. The highest BCUT2D eigenvalue weighted by molar-refractivity contribution is 6.34. The molecule has 114 valence electrons. The largest absolute Gasteiger partial charge is 0.349 e. The van der Waals surface area contributed by atoms with Crippen molar-refractivity contribution in [3.63, 3.8) is 0 Å². The number of urea groups is 1. The van der Waals surface area contributed by atoms with E-state index in [1.54, 1.807) is 23.1 Å². The van der Waals surface area contributed by atoms with Crippen LogP contribution < -0.4 is 10.6 Å². The maximum absolute atomic E-state index is 12.1. The van der Waals surface area contributed by atoms with Crippen LogP contribution in [0.3, 0.4) is 0 Å². The summed E-state index contributed by atoms with van der Waals surface area (Å²) in [5.41, 5.74) is 0.957. The Labute approximate surface area is 129 Å². The van der Waals surface area contributed by atoms with Gasteiger partial charge in [0.25, 0.3) is 5.91 Å². The molecule has 0 spiro atoms. The van der Waals surface area contributed by atoms with Crippen molar-refractivity contribution in [2.75, 3.05) is 18.4 Å². The predicted molar refractivity (Wildman–Crippen MR) is 83.9 cm³/mol. The lowest BCUT2D eigenvalue weighted by molar-refractivity contribution is 0.0951. The van der Waals surface area contributed by atoms with Crippen LogP contribution in [0.25, 0.3) is 0 Å². The third kappa shape index (κ3) is 4.11. The second-order valence-corrected chi connectivity index (χ2v) is 5.45. The lowest BCUT2D eigenvalue weighted by atomic mass is 10.2. The number of anilines is 1. The van der Waals surface area contributed by atoms with E-state index in [9.17, 15) is 9.59 Å². The highest BCUT2D eigenvalue weighted by atomic mass is 35.5. The SMILES string of the molecule is CCN(CC)C(=O)Nc1ccc(Cl)c(C(=O)NC2CC2)c1. The van der Waals surface area contributed by atoms with Gasteiger partial charge in [-0.1, -0.05) is 11.6 Å². The van der Waals surface area contributed by atoms with Gasteiger partial charge in [0.1, 0.15) is 0 Å². The molecule has 1 aliphatic rings. The van der Waals surface area contributed by atoms with Crippen molar-refractivity contribution < 1.29 is 9.59 Å². The first-order valence-corrected chi connectivity index (χ1v) is 7.59. The Kier molecular flexibility index (Phi) is 5.07. The Bertz CT molecular complexity index is 540. The van der Waals surface area contributed by atoms with Crippen LogP contribution in [0.15, 0.2) is 18.2 Å². The van der Waals surface area contributed by atoms with Gasteiger partial charge in [0.05, 0.1) is 10.6 Å². The number of hydrogen-bond acceptors (Lipinski definition) is 2. The Hall–Kier alpha value is -1.75. The van der Waals surface area contributed by atoms with Crippen molar-refractivity contribution in [2.45, 2.75) is 32.7 Å². The molecule has 21 heavy (non-hydrogen) atoms. The van der Waals surface area contributed by atoms with E-state index in [0.29, 0.717) is 29.4 Å². The van der Waals surface area contributed by atoms with Crippen molar-refractivity contribution in [1.29, 1.82) is 0 Å². The van der Waals surface area contributed by atoms with Crippen molar-refractivity contribution in [3.8, 4) is 0 Å². The van der Waals surface area contributed by atoms with Crippen LogP contribution in [0.5, 0.6) is 0 Å². The number of benzene rings is 1. The van der Waals surface area contributed by atoms with Gasteiger partial charge in [-0.3, -0.25) is 4.79 Å². The number of carbonyl (C=O) groups is 2. The van der Waals surface area contributed by atoms with Crippen molar-refractivity contribution in [1.82, 2.24) is 10.2 Å². The van der Waals surface area contributed by atoms with Gasteiger partial charge in [0.2, 0.25) is 0 Å². The molecule has 0 aliphatic heterocycles. The predicted octanol–water partition coefficient (Wildman–Crippen LogP) is 3.11. The molecule has 2 rings (SSSR count). The first-order chi connectivity index (χ1) is 10.0. The molecule has 0 bridgehead atoms. The molecule has 0 aromatic heterocycles. The van der Waals surface area contributed by atoms with E-state index in [-0.39, 0.29) is 18.0 Å². The summed E-state index contributed by atoms with van der Waals surface area (Å²) < 4.78 is 0. The van der Waals surface area contributed by atoms with Crippen molar-refractivity contribution >= 4 is 29.2 Å². The fourth-order valence-electron chi connectivity index (χ4n) is 1.98. The van der Waals surface area contributed by atoms with Crippen LogP contribution in [-0.2, 0) is 0 Å². The van der Waals surface area contributed by atoms with E-state index < -0.39 is 0 Å². The molecule has 1 aromatic rings. The van der Waals surface area contributed by atoms with Crippen LogP contribution in [0, 0.1) is 0 Å². The van der Waals surface area contributed by atoms with Crippen molar-refractivity contribution in [2.24, 2.45) is 0 Å². The second-order valence-electron chi connectivity index (χ2n) is 5.04. The quantitative estimate of drug-likeness (QED) is 0.878. The molecular weight excluding hydrogens is 290 g/mol. The lowest BCUT2D eigenvalue weighted by Gasteiger charge is -2.19. The highest BCUT2D eigenvalue weighted by Gasteiger charge is 2.25. The summed E-state index contributed by atoms with van der Waals surface area (Å²) in [6, 6.07) is 5.01. The minimum absolute atomic E-state index is 0.184. The molecule has 1 aromatic carbocycles. The van der Waals surface area contributed by atoms with Crippen LogP contribution in [0.2, 0.25) is 5.02 Å². The van der Waals surface area contributed by atoms with Crippen molar-refractivity contribution in [3.05, 3.63) is 28.8 Å². The smallest absolute Gasteiger partial charge is 0.321 e. The zero-order chi connectivity index (χ0) is 15.4. The summed E-state index contributed by atoms with van der Waals surface area (Å²) in [7, 11) is 0. The number of carbonyl (C=O) groups excluding carboxylic acids is 2. The zero-order valence-corrected chi connectivity index (χ0v) is 13.0. The van der Waals surface area contributed by atoms with E-state index in [1.165, 1.54) is 0 Å². The van der Waals surface area contributed by atoms with Gasteiger partial charge < -0.3 is 15.5 Å². The monoisotopic (exact) mass is 309 g/mol. The fourth-order valence-corrected chi connectivity index (χ4v) is 2.18.